The number of carbonyl (C=O) groups is 2. The molecule has 1 aliphatic heterocycles. The van der Waals surface area contributed by atoms with Crippen LogP contribution in [0.5, 0.6) is 0 Å². The molecule has 24 heavy (non-hydrogen) atoms. The van der Waals surface area contributed by atoms with Gasteiger partial charge in [-0.1, -0.05) is 31.4 Å². The van der Waals surface area contributed by atoms with Crippen molar-refractivity contribution in [3.63, 3.8) is 0 Å². The third-order valence-corrected chi connectivity index (χ3v) is 4.95. The monoisotopic (exact) mass is 395 g/mol. The van der Waals surface area contributed by atoms with Gasteiger partial charge in [0.25, 0.3) is 0 Å². The van der Waals surface area contributed by atoms with Crippen molar-refractivity contribution in [1.29, 1.82) is 0 Å². The predicted molar refractivity (Wildman–Crippen MR) is 99.9 cm³/mol. The van der Waals surface area contributed by atoms with Crippen LogP contribution in [0.2, 0.25) is 0 Å². The number of para-hydroxylation sites is 1. The second-order valence-electron chi connectivity index (χ2n) is 6.32. The second kappa shape index (κ2) is 9.79. The summed E-state index contributed by atoms with van der Waals surface area (Å²) in [6, 6.07) is 7.44. The number of rotatable bonds is 5. The third-order valence-electron chi connectivity index (χ3n) is 4.26. The molecule has 0 aromatic heterocycles. The van der Waals surface area contributed by atoms with E-state index in [-0.39, 0.29) is 18.4 Å². The van der Waals surface area contributed by atoms with Gasteiger partial charge in [-0.2, -0.15) is 0 Å². The first kappa shape index (κ1) is 18.9. The summed E-state index contributed by atoms with van der Waals surface area (Å²) < 4.78 is 0.827. The zero-order valence-corrected chi connectivity index (χ0v) is 15.8. The van der Waals surface area contributed by atoms with Crippen molar-refractivity contribution in [3.05, 3.63) is 28.7 Å². The molecule has 1 heterocycles. The van der Waals surface area contributed by atoms with Crippen molar-refractivity contribution in [2.24, 2.45) is 0 Å². The van der Waals surface area contributed by atoms with Crippen LogP contribution in [0, 0.1) is 0 Å². The molecule has 5 nitrogen and oxygen atoms in total. The lowest BCUT2D eigenvalue weighted by Gasteiger charge is -2.26. The highest BCUT2D eigenvalue weighted by Crippen LogP contribution is 2.21. The van der Waals surface area contributed by atoms with Gasteiger partial charge < -0.3 is 10.2 Å². The van der Waals surface area contributed by atoms with Crippen LogP contribution < -0.4 is 5.32 Å². The van der Waals surface area contributed by atoms with Crippen LogP contribution in [0.25, 0.3) is 0 Å². The molecule has 0 unspecified atom stereocenters. The van der Waals surface area contributed by atoms with Crippen molar-refractivity contribution < 1.29 is 9.59 Å². The first-order valence-electron chi connectivity index (χ1n) is 8.57. The average molecular weight is 396 g/mol. The van der Waals surface area contributed by atoms with Gasteiger partial charge in [0.1, 0.15) is 0 Å². The number of halogens is 1. The summed E-state index contributed by atoms with van der Waals surface area (Å²) >= 11 is 3.40. The minimum Gasteiger partial charge on any atom is -0.335 e. The van der Waals surface area contributed by atoms with Crippen molar-refractivity contribution in [1.82, 2.24) is 9.80 Å². The number of hydrogen-bond acceptors (Lipinski definition) is 3. The summed E-state index contributed by atoms with van der Waals surface area (Å²) in [6.45, 7) is 2.41. The summed E-state index contributed by atoms with van der Waals surface area (Å²) in [4.78, 5) is 28.2. The largest absolute Gasteiger partial charge is 0.335 e. The molecule has 0 radical (unpaired) electrons. The van der Waals surface area contributed by atoms with Crippen molar-refractivity contribution in [2.45, 2.75) is 32.1 Å². The normalized spacial score (nSPS) is 16.1. The van der Waals surface area contributed by atoms with E-state index in [1.54, 1.807) is 7.05 Å². The molecule has 0 spiro atoms. The Bertz CT molecular complexity index is 557. The summed E-state index contributed by atoms with van der Waals surface area (Å²) in [5.74, 6) is -0.191. The molecular formula is C18H26BrN3O2. The van der Waals surface area contributed by atoms with E-state index >= 15 is 0 Å². The van der Waals surface area contributed by atoms with E-state index in [0.717, 1.165) is 30.4 Å². The van der Waals surface area contributed by atoms with Gasteiger partial charge in [0.15, 0.2) is 0 Å². The van der Waals surface area contributed by atoms with Gasteiger partial charge in [0.05, 0.1) is 18.8 Å². The quantitative estimate of drug-likeness (QED) is 0.832. The Labute approximate surface area is 152 Å². The summed E-state index contributed by atoms with van der Waals surface area (Å²) in [6.07, 6.45) is 6.10. The lowest BCUT2D eigenvalue weighted by molar-refractivity contribution is -0.134. The lowest BCUT2D eigenvalue weighted by Crippen LogP contribution is -2.42. The number of carbonyl (C=O) groups excluding carboxylic acids is 2. The van der Waals surface area contributed by atoms with Gasteiger partial charge in [-0.15, -0.1) is 0 Å². The van der Waals surface area contributed by atoms with Crippen LogP contribution in [0.3, 0.4) is 0 Å². The zero-order chi connectivity index (χ0) is 17.4. The maximum atomic E-state index is 12.4. The Balaban J connectivity index is 1.79. The number of likely N-dealkylation sites (tertiary alicyclic amines) is 1. The molecule has 6 heteroatoms. The molecule has 1 fully saturated rings. The molecule has 1 aromatic carbocycles. The van der Waals surface area contributed by atoms with E-state index in [0.29, 0.717) is 12.2 Å². The summed E-state index contributed by atoms with van der Waals surface area (Å²) in [7, 11) is 1.69. The smallest absolute Gasteiger partial charge is 0.244 e. The topological polar surface area (TPSA) is 52.7 Å². The SMILES string of the molecule is CN(CC(=O)Nc1ccccc1Br)C(=O)CN1CCCCCCC1. The van der Waals surface area contributed by atoms with Crippen LogP contribution in [0.1, 0.15) is 32.1 Å². The average Bonchev–Trinajstić information content (AvgIpc) is 2.52. The predicted octanol–water partition coefficient (Wildman–Crippen LogP) is 3.11. The lowest BCUT2D eigenvalue weighted by atomic mass is 10.1. The molecule has 132 valence electrons. The van der Waals surface area contributed by atoms with Crippen LogP contribution in [0.15, 0.2) is 28.7 Å². The molecule has 2 rings (SSSR count). The van der Waals surface area contributed by atoms with Crippen LogP contribution in [-0.2, 0) is 9.59 Å². The van der Waals surface area contributed by atoms with Crippen LogP contribution in [0.4, 0.5) is 5.69 Å². The molecule has 2 amide bonds. The molecule has 1 N–H and O–H groups in total. The van der Waals surface area contributed by atoms with Gasteiger partial charge in [0.2, 0.25) is 11.8 Å². The Morgan fingerprint density at radius 3 is 2.42 bits per heavy atom. The molecule has 0 bridgehead atoms. The fraction of sp³-hybridized carbons (Fsp3) is 0.556. The molecule has 0 aliphatic carbocycles. The molecular weight excluding hydrogens is 370 g/mol. The summed E-state index contributed by atoms with van der Waals surface area (Å²) in [5, 5.41) is 2.82. The molecule has 1 aliphatic rings. The van der Waals surface area contributed by atoms with Crippen LogP contribution in [-0.4, -0.2) is 54.8 Å². The molecule has 1 aromatic rings. The number of amides is 2. The van der Waals surface area contributed by atoms with Gasteiger partial charge >= 0.3 is 0 Å². The molecule has 1 saturated heterocycles. The van der Waals surface area contributed by atoms with Crippen molar-refractivity contribution >= 4 is 33.4 Å². The maximum absolute atomic E-state index is 12.4. The number of benzene rings is 1. The van der Waals surface area contributed by atoms with Gasteiger partial charge in [-0.05, 0) is 54.0 Å². The number of nitrogens with one attached hydrogen (secondary N) is 1. The van der Waals surface area contributed by atoms with E-state index < -0.39 is 0 Å². The van der Waals surface area contributed by atoms with Gasteiger partial charge in [-0.25, -0.2) is 0 Å². The maximum Gasteiger partial charge on any atom is 0.244 e. The Kier molecular flexibility index (Phi) is 7.72. The number of anilines is 1. The minimum absolute atomic E-state index is 0.00199. The number of nitrogens with zero attached hydrogens (tertiary/aromatic N) is 2. The highest BCUT2D eigenvalue weighted by Gasteiger charge is 2.17. The van der Waals surface area contributed by atoms with Gasteiger partial charge in [0, 0.05) is 11.5 Å². The zero-order valence-electron chi connectivity index (χ0n) is 14.3. The van der Waals surface area contributed by atoms with E-state index in [1.807, 2.05) is 24.3 Å². The molecule has 0 atom stereocenters. The molecule has 0 saturated carbocycles. The van der Waals surface area contributed by atoms with E-state index in [4.69, 9.17) is 0 Å². The fourth-order valence-electron chi connectivity index (χ4n) is 2.84. The van der Waals surface area contributed by atoms with Crippen molar-refractivity contribution in [3.8, 4) is 0 Å². The highest BCUT2D eigenvalue weighted by atomic mass is 79.9. The van der Waals surface area contributed by atoms with Crippen molar-refractivity contribution in [2.75, 3.05) is 38.5 Å². The second-order valence-corrected chi connectivity index (χ2v) is 7.18. The minimum atomic E-state index is -0.189. The third kappa shape index (κ3) is 6.24. The highest BCUT2D eigenvalue weighted by molar-refractivity contribution is 9.10. The Hall–Kier alpha value is -1.40. The number of likely N-dealkylation sites (N-methyl/N-ethyl adjacent to an activating group) is 1. The fourth-order valence-corrected chi connectivity index (χ4v) is 3.22. The van der Waals surface area contributed by atoms with E-state index in [9.17, 15) is 9.59 Å². The standard InChI is InChI=1S/C18H26BrN3O2/c1-21(13-17(23)20-16-10-6-5-9-15(16)19)18(24)14-22-11-7-3-2-4-8-12-22/h5-6,9-10H,2-4,7-8,11-14H2,1H3,(H,20,23). The first-order chi connectivity index (χ1) is 11.6. The Morgan fingerprint density at radius 2 is 1.75 bits per heavy atom. The summed E-state index contributed by atoms with van der Waals surface area (Å²) in [5.41, 5.74) is 0.715. The van der Waals surface area contributed by atoms with Gasteiger partial charge in [-0.3, -0.25) is 14.5 Å². The number of hydrogen-bond donors (Lipinski definition) is 1. The Morgan fingerprint density at radius 1 is 1.12 bits per heavy atom. The van der Waals surface area contributed by atoms with Crippen LogP contribution >= 0.6 is 15.9 Å². The van der Waals surface area contributed by atoms with E-state index in [1.165, 1.54) is 24.2 Å². The first-order valence-corrected chi connectivity index (χ1v) is 9.36. The van der Waals surface area contributed by atoms with E-state index in [2.05, 4.69) is 26.1 Å².